The molecule has 0 aliphatic rings. The van der Waals surface area contributed by atoms with Gasteiger partial charge in [0.25, 0.3) is 0 Å². The Morgan fingerprint density at radius 1 is 1.50 bits per heavy atom. The van der Waals surface area contributed by atoms with Crippen LogP contribution >= 0.6 is 0 Å². The Bertz CT molecular complexity index is 482. The zero-order valence-electron chi connectivity index (χ0n) is 9.86. The number of hydrogen-bond acceptors (Lipinski definition) is 2. The first-order chi connectivity index (χ1) is 8.45. The highest BCUT2D eigenvalue weighted by atomic mass is 19.2. The molecule has 0 aliphatic carbocycles. The molecular formula is C13H13F2NO2. The highest BCUT2D eigenvalue weighted by molar-refractivity contribution is 5.69. The molecule has 1 atom stereocenters. The van der Waals surface area contributed by atoms with Crippen LogP contribution in [0.4, 0.5) is 8.78 Å². The van der Waals surface area contributed by atoms with E-state index in [-0.39, 0.29) is 13.1 Å². The van der Waals surface area contributed by atoms with Crippen LogP contribution in [0.2, 0.25) is 0 Å². The van der Waals surface area contributed by atoms with Crippen LogP contribution < -0.4 is 0 Å². The summed E-state index contributed by atoms with van der Waals surface area (Å²) in [5.74, 6) is -0.583. The number of terminal acetylenes is 1. The number of rotatable bonds is 5. The quantitative estimate of drug-likeness (QED) is 0.816. The van der Waals surface area contributed by atoms with Crippen LogP contribution in [0.25, 0.3) is 0 Å². The van der Waals surface area contributed by atoms with Crippen molar-refractivity contribution in [2.24, 2.45) is 0 Å². The molecule has 5 heteroatoms. The zero-order chi connectivity index (χ0) is 13.7. The average molecular weight is 253 g/mol. The molecular weight excluding hydrogens is 240 g/mol. The molecule has 0 amide bonds. The summed E-state index contributed by atoms with van der Waals surface area (Å²) in [4.78, 5) is 12.2. The van der Waals surface area contributed by atoms with Crippen LogP contribution in [0, 0.1) is 24.0 Å². The molecule has 0 saturated heterocycles. The lowest BCUT2D eigenvalue weighted by molar-refractivity contribution is -0.138. The maximum Gasteiger partial charge on any atom is 0.317 e. The predicted octanol–water partition coefficient (Wildman–Crippen LogP) is 2.05. The van der Waals surface area contributed by atoms with Crippen molar-refractivity contribution in [1.29, 1.82) is 0 Å². The molecule has 1 unspecified atom stereocenters. The minimum atomic E-state index is -1.03. The summed E-state index contributed by atoms with van der Waals surface area (Å²) in [7, 11) is 0. The third-order valence-electron chi connectivity index (χ3n) is 2.61. The Hall–Kier alpha value is -1.93. The van der Waals surface area contributed by atoms with E-state index in [4.69, 9.17) is 11.5 Å². The molecule has 0 spiro atoms. The van der Waals surface area contributed by atoms with Gasteiger partial charge < -0.3 is 5.11 Å². The monoisotopic (exact) mass is 253 g/mol. The van der Waals surface area contributed by atoms with Gasteiger partial charge in [-0.1, -0.05) is 12.0 Å². The van der Waals surface area contributed by atoms with Gasteiger partial charge in [0, 0.05) is 6.04 Å². The Balaban J connectivity index is 2.94. The van der Waals surface area contributed by atoms with E-state index in [1.807, 2.05) is 0 Å². The third-order valence-corrected chi connectivity index (χ3v) is 2.61. The van der Waals surface area contributed by atoms with Gasteiger partial charge in [0.2, 0.25) is 0 Å². The van der Waals surface area contributed by atoms with Crippen LogP contribution in [0.15, 0.2) is 18.2 Å². The Morgan fingerprint density at radius 3 is 2.67 bits per heavy atom. The third kappa shape index (κ3) is 3.54. The van der Waals surface area contributed by atoms with E-state index >= 15 is 0 Å². The van der Waals surface area contributed by atoms with E-state index in [2.05, 4.69) is 5.92 Å². The molecule has 0 aliphatic heterocycles. The summed E-state index contributed by atoms with van der Waals surface area (Å²) in [5.41, 5.74) is 0.477. The highest BCUT2D eigenvalue weighted by Crippen LogP contribution is 2.21. The van der Waals surface area contributed by atoms with E-state index < -0.39 is 23.6 Å². The van der Waals surface area contributed by atoms with Crippen molar-refractivity contribution < 1.29 is 18.7 Å². The van der Waals surface area contributed by atoms with Crippen molar-refractivity contribution in [3.8, 4) is 12.3 Å². The minimum Gasteiger partial charge on any atom is -0.480 e. The molecule has 1 aromatic carbocycles. The van der Waals surface area contributed by atoms with Crippen molar-refractivity contribution in [1.82, 2.24) is 4.90 Å². The van der Waals surface area contributed by atoms with Gasteiger partial charge in [-0.25, -0.2) is 8.78 Å². The molecule has 0 fully saturated rings. The smallest absolute Gasteiger partial charge is 0.317 e. The molecule has 1 aromatic rings. The van der Waals surface area contributed by atoms with Gasteiger partial charge in [0.1, 0.15) is 0 Å². The fraction of sp³-hybridized carbons (Fsp3) is 0.308. The van der Waals surface area contributed by atoms with Gasteiger partial charge in [0.05, 0.1) is 13.1 Å². The fourth-order valence-corrected chi connectivity index (χ4v) is 1.60. The Morgan fingerprint density at radius 2 is 2.17 bits per heavy atom. The number of carboxylic acids is 1. The molecule has 0 heterocycles. The van der Waals surface area contributed by atoms with Crippen molar-refractivity contribution in [2.45, 2.75) is 13.0 Å². The van der Waals surface area contributed by atoms with Crippen LogP contribution in [0.3, 0.4) is 0 Å². The summed E-state index contributed by atoms with van der Waals surface area (Å²) in [6.07, 6.45) is 5.16. The molecule has 3 nitrogen and oxygen atoms in total. The average Bonchev–Trinajstić information content (AvgIpc) is 2.31. The van der Waals surface area contributed by atoms with Gasteiger partial charge >= 0.3 is 5.97 Å². The number of carboxylic acid groups (broad SMARTS) is 1. The van der Waals surface area contributed by atoms with E-state index in [0.29, 0.717) is 5.56 Å². The first kappa shape index (κ1) is 14.1. The molecule has 0 radical (unpaired) electrons. The Labute approximate surface area is 104 Å². The van der Waals surface area contributed by atoms with E-state index in [9.17, 15) is 13.6 Å². The van der Waals surface area contributed by atoms with Crippen molar-refractivity contribution in [3.63, 3.8) is 0 Å². The Kier molecular flexibility index (Phi) is 4.81. The number of carbonyl (C=O) groups is 1. The first-order valence-electron chi connectivity index (χ1n) is 5.30. The second kappa shape index (κ2) is 6.12. The summed E-state index contributed by atoms with van der Waals surface area (Å²) in [6, 6.07) is 3.06. The summed E-state index contributed by atoms with van der Waals surface area (Å²) in [6.45, 7) is 1.55. The lowest BCUT2D eigenvalue weighted by Crippen LogP contribution is -2.32. The summed E-state index contributed by atoms with van der Waals surface area (Å²) < 4.78 is 25.9. The van der Waals surface area contributed by atoms with E-state index in [1.54, 1.807) is 6.92 Å². The minimum absolute atomic E-state index is 0.118. The molecule has 1 rings (SSSR count). The molecule has 0 aromatic heterocycles. The maximum atomic E-state index is 13.1. The SMILES string of the molecule is C#CCN(CC(=O)O)C(C)c1ccc(F)c(F)c1. The predicted molar refractivity (Wildman–Crippen MR) is 62.8 cm³/mol. The summed E-state index contributed by atoms with van der Waals surface area (Å²) >= 11 is 0. The summed E-state index contributed by atoms with van der Waals surface area (Å²) in [5, 5.41) is 8.76. The van der Waals surface area contributed by atoms with Crippen LogP contribution in [0.5, 0.6) is 0 Å². The van der Waals surface area contributed by atoms with Gasteiger partial charge in [-0.05, 0) is 24.6 Å². The number of nitrogens with zero attached hydrogens (tertiary/aromatic N) is 1. The molecule has 0 bridgehead atoms. The van der Waals surface area contributed by atoms with Crippen LogP contribution in [-0.4, -0.2) is 29.1 Å². The molecule has 96 valence electrons. The number of aliphatic carboxylic acids is 1. The standard InChI is InChI=1S/C13H13F2NO2/c1-3-6-16(8-13(17)18)9(2)10-4-5-11(14)12(15)7-10/h1,4-5,7,9H,6,8H2,2H3,(H,17,18). The topological polar surface area (TPSA) is 40.5 Å². The van der Waals surface area contributed by atoms with Gasteiger partial charge in [0.15, 0.2) is 11.6 Å². The van der Waals surface area contributed by atoms with Crippen molar-refractivity contribution in [3.05, 3.63) is 35.4 Å². The second-order valence-electron chi connectivity index (χ2n) is 3.85. The lowest BCUT2D eigenvalue weighted by atomic mass is 10.1. The van der Waals surface area contributed by atoms with Gasteiger partial charge in [-0.3, -0.25) is 9.69 Å². The van der Waals surface area contributed by atoms with Crippen molar-refractivity contribution >= 4 is 5.97 Å². The zero-order valence-corrected chi connectivity index (χ0v) is 9.86. The maximum absolute atomic E-state index is 13.1. The molecule has 1 N–H and O–H groups in total. The van der Waals surface area contributed by atoms with Gasteiger partial charge in [-0.15, -0.1) is 6.42 Å². The van der Waals surface area contributed by atoms with E-state index in [0.717, 1.165) is 12.1 Å². The fourth-order valence-electron chi connectivity index (χ4n) is 1.60. The van der Waals surface area contributed by atoms with Crippen LogP contribution in [-0.2, 0) is 4.79 Å². The molecule has 0 saturated carbocycles. The van der Waals surface area contributed by atoms with Crippen LogP contribution in [0.1, 0.15) is 18.5 Å². The molecule has 18 heavy (non-hydrogen) atoms. The number of hydrogen-bond donors (Lipinski definition) is 1. The van der Waals surface area contributed by atoms with E-state index in [1.165, 1.54) is 11.0 Å². The first-order valence-corrected chi connectivity index (χ1v) is 5.30. The number of benzene rings is 1. The lowest BCUT2D eigenvalue weighted by Gasteiger charge is -2.25. The number of halogens is 2. The highest BCUT2D eigenvalue weighted by Gasteiger charge is 2.18. The normalized spacial score (nSPS) is 12.2. The van der Waals surface area contributed by atoms with Gasteiger partial charge in [-0.2, -0.15) is 0 Å². The second-order valence-corrected chi connectivity index (χ2v) is 3.85. The van der Waals surface area contributed by atoms with Crippen molar-refractivity contribution in [2.75, 3.05) is 13.1 Å². The largest absolute Gasteiger partial charge is 0.480 e.